The molecule has 2 heterocycles. The summed E-state index contributed by atoms with van der Waals surface area (Å²) in [6.45, 7) is 5.80. The largest absolute Gasteiger partial charge is 0.475 e. The summed E-state index contributed by atoms with van der Waals surface area (Å²) in [6, 6.07) is 7.94. The molecule has 23 heavy (non-hydrogen) atoms. The van der Waals surface area contributed by atoms with Crippen LogP contribution in [0.25, 0.3) is 11.0 Å². The van der Waals surface area contributed by atoms with Crippen molar-refractivity contribution in [2.45, 2.75) is 19.8 Å². The standard InChI is InChI=1S/C17H24N4O.ClH/c1-3-22-17-16(19-14-6-4-5-7-15(14)20-17)21(2)12-13-8-10-18-11-9-13;/h4-7,13,18H,3,8-12H2,1-2H3;1H. The maximum absolute atomic E-state index is 5.73. The van der Waals surface area contributed by atoms with Crippen LogP contribution in [0.1, 0.15) is 19.8 Å². The molecule has 0 amide bonds. The highest BCUT2D eigenvalue weighted by molar-refractivity contribution is 5.85. The third-order valence-electron chi connectivity index (χ3n) is 4.15. The van der Waals surface area contributed by atoms with Gasteiger partial charge in [-0.1, -0.05) is 12.1 Å². The molecular formula is C17H25ClN4O. The molecule has 0 unspecified atom stereocenters. The first-order valence-corrected chi connectivity index (χ1v) is 8.09. The van der Waals surface area contributed by atoms with Crippen LogP contribution in [0.2, 0.25) is 0 Å². The highest BCUT2D eigenvalue weighted by Crippen LogP contribution is 2.27. The number of ether oxygens (including phenoxy) is 1. The van der Waals surface area contributed by atoms with E-state index in [4.69, 9.17) is 9.72 Å². The Morgan fingerprint density at radius 1 is 1.17 bits per heavy atom. The predicted molar refractivity (Wildman–Crippen MR) is 96.8 cm³/mol. The molecule has 1 saturated heterocycles. The molecule has 0 spiro atoms. The van der Waals surface area contributed by atoms with E-state index in [9.17, 15) is 0 Å². The average molecular weight is 337 g/mol. The van der Waals surface area contributed by atoms with Crippen molar-refractivity contribution < 1.29 is 4.74 Å². The van der Waals surface area contributed by atoms with Gasteiger partial charge in [0.25, 0.3) is 5.88 Å². The molecule has 1 aromatic carbocycles. The Morgan fingerprint density at radius 2 is 1.83 bits per heavy atom. The number of piperidine rings is 1. The van der Waals surface area contributed by atoms with Crippen LogP contribution in [0.3, 0.4) is 0 Å². The molecule has 0 aliphatic carbocycles. The first-order valence-electron chi connectivity index (χ1n) is 8.09. The Bertz CT molecular complexity index is 631. The van der Waals surface area contributed by atoms with Crippen LogP contribution < -0.4 is 15.0 Å². The van der Waals surface area contributed by atoms with Crippen molar-refractivity contribution in [2.24, 2.45) is 5.92 Å². The number of rotatable bonds is 5. The summed E-state index contributed by atoms with van der Waals surface area (Å²) >= 11 is 0. The number of hydrogen-bond donors (Lipinski definition) is 1. The summed E-state index contributed by atoms with van der Waals surface area (Å²) in [4.78, 5) is 11.6. The van der Waals surface area contributed by atoms with Crippen molar-refractivity contribution in [3.63, 3.8) is 0 Å². The zero-order valence-corrected chi connectivity index (χ0v) is 14.6. The maximum atomic E-state index is 5.73. The smallest absolute Gasteiger partial charge is 0.258 e. The van der Waals surface area contributed by atoms with Gasteiger partial charge in [-0.05, 0) is 50.9 Å². The second kappa shape index (κ2) is 8.31. The van der Waals surface area contributed by atoms with Crippen molar-refractivity contribution in [1.82, 2.24) is 15.3 Å². The number of halogens is 1. The molecule has 6 heteroatoms. The number of benzene rings is 1. The number of hydrogen-bond acceptors (Lipinski definition) is 5. The molecule has 0 saturated carbocycles. The normalized spacial score (nSPS) is 15.2. The molecule has 1 N–H and O–H groups in total. The van der Waals surface area contributed by atoms with Gasteiger partial charge in [0.2, 0.25) is 0 Å². The van der Waals surface area contributed by atoms with E-state index in [0.29, 0.717) is 18.4 Å². The van der Waals surface area contributed by atoms with Gasteiger partial charge >= 0.3 is 0 Å². The molecule has 2 aromatic rings. The Hall–Kier alpha value is -1.59. The van der Waals surface area contributed by atoms with Crippen LogP contribution in [0.15, 0.2) is 24.3 Å². The molecule has 1 aliphatic rings. The minimum absolute atomic E-state index is 0. The zero-order valence-electron chi connectivity index (χ0n) is 13.8. The first kappa shape index (κ1) is 17.8. The molecular weight excluding hydrogens is 312 g/mol. The van der Waals surface area contributed by atoms with Crippen molar-refractivity contribution in [3.8, 4) is 5.88 Å². The number of nitrogens with zero attached hydrogens (tertiary/aromatic N) is 3. The highest BCUT2D eigenvalue weighted by Gasteiger charge is 2.19. The van der Waals surface area contributed by atoms with Gasteiger partial charge in [0, 0.05) is 13.6 Å². The monoisotopic (exact) mass is 336 g/mol. The Morgan fingerprint density at radius 3 is 2.48 bits per heavy atom. The van der Waals surface area contributed by atoms with Crippen molar-refractivity contribution >= 4 is 29.3 Å². The fraction of sp³-hybridized carbons (Fsp3) is 0.529. The molecule has 5 nitrogen and oxygen atoms in total. The van der Waals surface area contributed by atoms with Crippen molar-refractivity contribution in [3.05, 3.63) is 24.3 Å². The summed E-state index contributed by atoms with van der Waals surface area (Å²) in [6.07, 6.45) is 2.44. The summed E-state index contributed by atoms with van der Waals surface area (Å²) in [5.41, 5.74) is 1.79. The maximum Gasteiger partial charge on any atom is 0.258 e. The zero-order chi connectivity index (χ0) is 15.4. The van der Waals surface area contributed by atoms with Gasteiger partial charge in [0.15, 0.2) is 5.82 Å². The lowest BCUT2D eigenvalue weighted by Gasteiger charge is -2.28. The topological polar surface area (TPSA) is 50.3 Å². The van der Waals surface area contributed by atoms with Crippen molar-refractivity contribution in [1.29, 1.82) is 0 Å². The second-order valence-corrected chi connectivity index (χ2v) is 5.85. The number of anilines is 1. The average Bonchev–Trinajstić information content (AvgIpc) is 2.55. The van der Waals surface area contributed by atoms with E-state index < -0.39 is 0 Å². The predicted octanol–water partition coefficient (Wildman–Crippen LogP) is 2.89. The van der Waals surface area contributed by atoms with E-state index in [-0.39, 0.29) is 12.4 Å². The lowest BCUT2D eigenvalue weighted by atomic mass is 9.98. The van der Waals surface area contributed by atoms with E-state index in [0.717, 1.165) is 36.5 Å². The van der Waals surface area contributed by atoms with Gasteiger partial charge in [-0.2, -0.15) is 0 Å². The highest BCUT2D eigenvalue weighted by atomic mass is 35.5. The van der Waals surface area contributed by atoms with Crippen LogP contribution >= 0.6 is 12.4 Å². The molecule has 1 aromatic heterocycles. The van der Waals surface area contributed by atoms with E-state index in [2.05, 4.69) is 22.2 Å². The van der Waals surface area contributed by atoms with Gasteiger partial charge < -0.3 is 15.0 Å². The molecule has 126 valence electrons. The summed E-state index contributed by atoms with van der Waals surface area (Å²) < 4.78 is 5.73. The lowest BCUT2D eigenvalue weighted by molar-refractivity contribution is 0.325. The second-order valence-electron chi connectivity index (χ2n) is 5.85. The van der Waals surface area contributed by atoms with Crippen LogP contribution in [0.5, 0.6) is 5.88 Å². The van der Waals surface area contributed by atoms with Gasteiger partial charge in [0.05, 0.1) is 17.6 Å². The number of para-hydroxylation sites is 2. The van der Waals surface area contributed by atoms with E-state index >= 15 is 0 Å². The fourth-order valence-electron chi connectivity index (χ4n) is 2.99. The Labute approximate surface area is 143 Å². The Kier molecular flexibility index (Phi) is 6.42. The van der Waals surface area contributed by atoms with Gasteiger partial charge in [-0.15, -0.1) is 12.4 Å². The molecule has 1 aliphatic heterocycles. The third kappa shape index (κ3) is 4.24. The van der Waals surface area contributed by atoms with E-state index in [1.165, 1.54) is 12.8 Å². The molecule has 0 radical (unpaired) electrons. The molecule has 0 atom stereocenters. The lowest BCUT2D eigenvalue weighted by Crippen LogP contribution is -2.35. The quantitative estimate of drug-likeness (QED) is 0.909. The summed E-state index contributed by atoms with van der Waals surface area (Å²) in [5.74, 6) is 2.19. The van der Waals surface area contributed by atoms with Gasteiger partial charge in [-0.25, -0.2) is 9.97 Å². The van der Waals surface area contributed by atoms with Crippen LogP contribution in [-0.4, -0.2) is 43.3 Å². The summed E-state index contributed by atoms with van der Waals surface area (Å²) in [5, 5.41) is 3.41. The van der Waals surface area contributed by atoms with Gasteiger partial charge in [0.1, 0.15) is 0 Å². The first-order chi connectivity index (χ1) is 10.8. The van der Waals surface area contributed by atoms with E-state index in [1.54, 1.807) is 0 Å². The van der Waals surface area contributed by atoms with Gasteiger partial charge in [-0.3, -0.25) is 0 Å². The number of nitrogens with one attached hydrogen (secondary N) is 1. The Balaban J connectivity index is 0.00000192. The molecule has 1 fully saturated rings. The van der Waals surface area contributed by atoms with E-state index in [1.807, 2.05) is 31.2 Å². The molecule has 3 rings (SSSR count). The third-order valence-corrected chi connectivity index (χ3v) is 4.15. The SMILES string of the molecule is CCOc1nc2ccccc2nc1N(C)CC1CCNCC1.Cl. The van der Waals surface area contributed by atoms with Crippen LogP contribution in [0, 0.1) is 5.92 Å². The van der Waals surface area contributed by atoms with Crippen molar-refractivity contribution in [2.75, 3.05) is 38.2 Å². The van der Waals surface area contributed by atoms with Crippen LogP contribution in [-0.2, 0) is 0 Å². The molecule has 0 bridgehead atoms. The number of fused-ring (bicyclic) bond motifs is 1. The minimum Gasteiger partial charge on any atom is -0.475 e. The number of aromatic nitrogens is 2. The van der Waals surface area contributed by atoms with Crippen LogP contribution in [0.4, 0.5) is 5.82 Å². The minimum atomic E-state index is 0. The summed E-state index contributed by atoms with van der Waals surface area (Å²) in [7, 11) is 2.09. The fourth-order valence-corrected chi connectivity index (χ4v) is 2.99.